The summed E-state index contributed by atoms with van der Waals surface area (Å²) in [6.45, 7) is 3.47. The molecule has 2 aromatic rings. The number of benzene rings is 2. The van der Waals surface area contributed by atoms with E-state index in [0.717, 1.165) is 10.0 Å². The van der Waals surface area contributed by atoms with Crippen LogP contribution in [0.4, 0.5) is 0 Å². The first kappa shape index (κ1) is 19.3. The van der Waals surface area contributed by atoms with Crippen LogP contribution in [-0.4, -0.2) is 39.5 Å². The molecule has 1 amide bonds. The Morgan fingerprint density at radius 1 is 1.11 bits per heavy atom. The fraction of sp³-hybridized carbons (Fsp3) is 0.238. The van der Waals surface area contributed by atoms with Gasteiger partial charge in [-0.25, -0.2) is 0 Å². The highest BCUT2D eigenvalue weighted by Gasteiger charge is 2.46. The third kappa shape index (κ3) is 3.82. The van der Waals surface area contributed by atoms with Gasteiger partial charge in [0.2, 0.25) is 0 Å². The van der Waals surface area contributed by atoms with Crippen molar-refractivity contribution in [3.8, 4) is 0 Å². The third-order valence-electron chi connectivity index (χ3n) is 4.51. The van der Waals surface area contributed by atoms with Crippen LogP contribution in [0, 0.1) is 6.92 Å². The molecule has 5 nitrogen and oxygen atoms in total. The van der Waals surface area contributed by atoms with Gasteiger partial charge in [0.25, 0.3) is 11.7 Å². The lowest BCUT2D eigenvalue weighted by molar-refractivity contribution is -0.140. The SMILES string of the molecule is Cc1ccc(C(O)=C2C(=O)C(=O)N(C[C@@H](C)O)[C@@H]2c2ccc(Br)cc2)cc1. The molecule has 1 aliphatic heterocycles. The summed E-state index contributed by atoms with van der Waals surface area (Å²) in [6.07, 6.45) is -0.805. The maximum Gasteiger partial charge on any atom is 0.295 e. The minimum atomic E-state index is -0.805. The first-order valence-corrected chi connectivity index (χ1v) is 9.38. The number of hydrogen-bond donors (Lipinski definition) is 2. The van der Waals surface area contributed by atoms with E-state index in [1.54, 1.807) is 31.2 Å². The zero-order valence-corrected chi connectivity index (χ0v) is 16.6. The molecule has 1 aliphatic rings. The Morgan fingerprint density at radius 2 is 1.70 bits per heavy atom. The van der Waals surface area contributed by atoms with Gasteiger partial charge in [-0.3, -0.25) is 9.59 Å². The van der Waals surface area contributed by atoms with Crippen molar-refractivity contribution >= 4 is 33.4 Å². The molecular weight excluding hydrogens is 410 g/mol. The Morgan fingerprint density at radius 3 is 2.26 bits per heavy atom. The number of likely N-dealkylation sites (tertiary alicyclic amines) is 1. The van der Waals surface area contributed by atoms with E-state index in [0.29, 0.717) is 11.1 Å². The number of aliphatic hydroxyl groups is 2. The van der Waals surface area contributed by atoms with Gasteiger partial charge in [-0.05, 0) is 31.5 Å². The summed E-state index contributed by atoms with van der Waals surface area (Å²) in [5, 5.41) is 20.7. The Hall–Kier alpha value is -2.44. The lowest BCUT2D eigenvalue weighted by atomic mass is 9.95. The van der Waals surface area contributed by atoms with Gasteiger partial charge >= 0.3 is 0 Å². The van der Waals surface area contributed by atoms with Gasteiger partial charge in [0.05, 0.1) is 17.7 Å². The van der Waals surface area contributed by atoms with Crippen molar-refractivity contribution in [2.75, 3.05) is 6.54 Å². The first-order chi connectivity index (χ1) is 12.8. The minimum absolute atomic E-state index is 0.00399. The molecule has 0 spiro atoms. The number of rotatable bonds is 4. The van der Waals surface area contributed by atoms with Crippen LogP contribution in [0.5, 0.6) is 0 Å². The van der Waals surface area contributed by atoms with Gasteiger partial charge in [0.1, 0.15) is 5.76 Å². The Labute approximate surface area is 166 Å². The van der Waals surface area contributed by atoms with E-state index in [1.807, 2.05) is 31.2 Å². The lowest BCUT2D eigenvalue weighted by Gasteiger charge is -2.26. The quantitative estimate of drug-likeness (QED) is 0.442. The standard InChI is InChI=1S/C21H20BrNO4/c1-12-3-5-15(6-4-12)19(25)17-18(14-7-9-16(22)10-8-14)23(11-13(2)24)21(27)20(17)26/h3-10,13,18,24-25H,11H2,1-2H3/t13-,18-/m1/s1. The Balaban J connectivity index is 2.17. The van der Waals surface area contributed by atoms with Crippen LogP contribution < -0.4 is 0 Å². The van der Waals surface area contributed by atoms with Crippen LogP contribution in [0.2, 0.25) is 0 Å². The number of carbonyl (C=O) groups is 2. The summed E-state index contributed by atoms with van der Waals surface area (Å²) in [5.74, 6) is -1.69. The van der Waals surface area contributed by atoms with Gasteiger partial charge in [-0.2, -0.15) is 0 Å². The molecule has 0 radical (unpaired) electrons. The van der Waals surface area contributed by atoms with E-state index >= 15 is 0 Å². The smallest absolute Gasteiger partial charge is 0.295 e. The average molecular weight is 430 g/mol. The number of aryl methyl sites for hydroxylation is 1. The van der Waals surface area contributed by atoms with E-state index in [2.05, 4.69) is 15.9 Å². The molecule has 0 saturated carbocycles. The second-order valence-corrected chi connectivity index (χ2v) is 7.63. The zero-order chi connectivity index (χ0) is 19.7. The highest BCUT2D eigenvalue weighted by atomic mass is 79.9. The van der Waals surface area contributed by atoms with E-state index in [-0.39, 0.29) is 17.9 Å². The molecule has 2 N–H and O–H groups in total. The minimum Gasteiger partial charge on any atom is -0.507 e. The van der Waals surface area contributed by atoms with Gasteiger partial charge < -0.3 is 15.1 Å². The molecule has 2 atom stereocenters. The maximum absolute atomic E-state index is 12.7. The number of β-amino-alcohol motifs (C(OH)–C–C–N with tert-alkyl or cyclic N) is 1. The van der Waals surface area contributed by atoms with Crippen LogP contribution in [0.15, 0.2) is 58.6 Å². The molecule has 1 fully saturated rings. The monoisotopic (exact) mass is 429 g/mol. The van der Waals surface area contributed by atoms with Crippen molar-refractivity contribution in [1.29, 1.82) is 0 Å². The summed E-state index contributed by atoms with van der Waals surface area (Å²) >= 11 is 3.37. The summed E-state index contributed by atoms with van der Waals surface area (Å²) in [4.78, 5) is 26.6. The van der Waals surface area contributed by atoms with Gasteiger partial charge in [0.15, 0.2) is 0 Å². The van der Waals surface area contributed by atoms with Crippen LogP contribution in [0.1, 0.15) is 29.7 Å². The predicted molar refractivity (Wildman–Crippen MR) is 106 cm³/mol. The number of aliphatic hydroxyl groups excluding tert-OH is 2. The highest BCUT2D eigenvalue weighted by Crippen LogP contribution is 2.39. The summed E-state index contributed by atoms with van der Waals surface area (Å²) in [5.41, 5.74) is 2.21. The van der Waals surface area contributed by atoms with Crippen molar-refractivity contribution in [3.05, 3.63) is 75.3 Å². The number of amides is 1. The maximum atomic E-state index is 12.7. The lowest BCUT2D eigenvalue weighted by Crippen LogP contribution is -2.35. The van der Waals surface area contributed by atoms with Crippen LogP contribution in [-0.2, 0) is 9.59 Å². The van der Waals surface area contributed by atoms with Gasteiger partial charge in [0, 0.05) is 16.6 Å². The molecule has 140 valence electrons. The number of Topliss-reactive ketones (excluding diaryl/α,β-unsaturated/α-hetero) is 1. The molecule has 1 heterocycles. The zero-order valence-electron chi connectivity index (χ0n) is 15.0. The molecule has 27 heavy (non-hydrogen) atoms. The number of halogens is 1. The number of hydrogen-bond acceptors (Lipinski definition) is 4. The average Bonchev–Trinajstić information content (AvgIpc) is 2.87. The van der Waals surface area contributed by atoms with Crippen LogP contribution in [0.25, 0.3) is 5.76 Å². The first-order valence-electron chi connectivity index (χ1n) is 8.58. The molecule has 1 saturated heterocycles. The normalized spacial score (nSPS) is 20.1. The fourth-order valence-electron chi connectivity index (χ4n) is 3.21. The second-order valence-electron chi connectivity index (χ2n) is 6.72. The Bertz CT molecular complexity index is 901. The number of carbonyl (C=O) groups excluding carboxylic acids is 2. The van der Waals surface area contributed by atoms with Crippen molar-refractivity contribution in [3.63, 3.8) is 0 Å². The topological polar surface area (TPSA) is 77.8 Å². The van der Waals surface area contributed by atoms with Gasteiger partial charge in [-0.15, -0.1) is 0 Å². The van der Waals surface area contributed by atoms with Crippen molar-refractivity contribution in [2.45, 2.75) is 26.0 Å². The van der Waals surface area contributed by atoms with E-state index in [9.17, 15) is 19.8 Å². The van der Waals surface area contributed by atoms with E-state index in [1.165, 1.54) is 4.90 Å². The number of ketones is 1. The summed E-state index contributed by atoms with van der Waals surface area (Å²) in [6, 6.07) is 13.5. The fourth-order valence-corrected chi connectivity index (χ4v) is 3.48. The van der Waals surface area contributed by atoms with Crippen LogP contribution >= 0.6 is 15.9 Å². The molecular formula is C21H20BrNO4. The third-order valence-corrected chi connectivity index (χ3v) is 5.04. The molecule has 3 rings (SSSR count). The predicted octanol–water partition coefficient (Wildman–Crippen LogP) is 3.56. The summed E-state index contributed by atoms with van der Waals surface area (Å²) < 4.78 is 0.859. The highest BCUT2D eigenvalue weighted by molar-refractivity contribution is 9.10. The largest absolute Gasteiger partial charge is 0.507 e. The van der Waals surface area contributed by atoms with Crippen molar-refractivity contribution in [1.82, 2.24) is 4.90 Å². The number of nitrogens with zero attached hydrogens (tertiary/aromatic N) is 1. The molecule has 2 aromatic carbocycles. The van der Waals surface area contributed by atoms with Crippen molar-refractivity contribution < 1.29 is 19.8 Å². The summed E-state index contributed by atoms with van der Waals surface area (Å²) in [7, 11) is 0. The molecule has 0 bridgehead atoms. The second kappa shape index (κ2) is 7.66. The molecule has 0 aliphatic carbocycles. The van der Waals surface area contributed by atoms with Gasteiger partial charge in [-0.1, -0.05) is 57.9 Å². The van der Waals surface area contributed by atoms with Crippen LogP contribution in [0.3, 0.4) is 0 Å². The van der Waals surface area contributed by atoms with E-state index in [4.69, 9.17) is 0 Å². The molecule has 6 heteroatoms. The van der Waals surface area contributed by atoms with E-state index < -0.39 is 23.8 Å². The Kier molecular flexibility index (Phi) is 5.48. The molecule has 0 aromatic heterocycles. The molecule has 0 unspecified atom stereocenters. The van der Waals surface area contributed by atoms with Crippen molar-refractivity contribution in [2.24, 2.45) is 0 Å².